The number of imide groups is 1. The molecular weight excluding hydrogens is 406 g/mol. The fourth-order valence-electron chi connectivity index (χ4n) is 4.50. The van der Waals surface area contributed by atoms with Gasteiger partial charge in [-0.1, -0.05) is 97.1 Å². The zero-order valence-corrected chi connectivity index (χ0v) is 18.2. The van der Waals surface area contributed by atoms with Gasteiger partial charge in [-0.25, -0.2) is 0 Å². The third-order valence-corrected chi connectivity index (χ3v) is 6.15. The van der Waals surface area contributed by atoms with E-state index in [1.165, 1.54) is 21.6 Å². The van der Waals surface area contributed by atoms with Crippen molar-refractivity contribution in [1.29, 1.82) is 0 Å². The molecule has 0 saturated heterocycles. The summed E-state index contributed by atoms with van der Waals surface area (Å²) >= 11 is 0. The van der Waals surface area contributed by atoms with Gasteiger partial charge in [0.1, 0.15) is 0 Å². The fraction of sp³-hybridized carbons (Fsp3) is 0.100. The van der Waals surface area contributed by atoms with Crippen LogP contribution in [0.3, 0.4) is 0 Å². The zero-order valence-electron chi connectivity index (χ0n) is 18.2. The van der Waals surface area contributed by atoms with Crippen LogP contribution >= 0.6 is 0 Å². The average Bonchev–Trinajstić information content (AvgIpc) is 3.11. The third-order valence-electron chi connectivity index (χ3n) is 6.15. The van der Waals surface area contributed by atoms with E-state index in [9.17, 15) is 9.59 Å². The van der Waals surface area contributed by atoms with Crippen LogP contribution in [0.15, 0.2) is 109 Å². The number of fused-ring (bicyclic) bond motifs is 1. The minimum Gasteiger partial charge on any atom is -0.274 e. The summed E-state index contributed by atoms with van der Waals surface area (Å²) in [5.41, 5.74) is 5.82. The topological polar surface area (TPSA) is 37.4 Å². The van der Waals surface area contributed by atoms with Crippen LogP contribution in [0.2, 0.25) is 0 Å². The predicted molar refractivity (Wildman–Crippen MR) is 130 cm³/mol. The summed E-state index contributed by atoms with van der Waals surface area (Å²) in [6.07, 6.45) is 2.69. The van der Waals surface area contributed by atoms with E-state index in [1.807, 2.05) is 12.1 Å². The first-order valence-electron chi connectivity index (χ1n) is 11.2. The summed E-state index contributed by atoms with van der Waals surface area (Å²) in [5, 5.41) is 0. The summed E-state index contributed by atoms with van der Waals surface area (Å²) < 4.78 is 0. The molecule has 0 unspecified atom stereocenters. The molecule has 33 heavy (non-hydrogen) atoms. The molecule has 5 rings (SSSR count). The second-order valence-corrected chi connectivity index (χ2v) is 8.22. The van der Waals surface area contributed by atoms with Crippen molar-refractivity contribution in [2.45, 2.75) is 12.3 Å². The van der Waals surface area contributed by atoms with Gasteiger partial charge in [0, 0.05) is 12.5 Å². The first kappa shape index (κ1) is 20.9. The van der Waals surface area contributed by atoms with Gasteiger partial charge in [0.15, 0.2) is 0 Å². The van der Waals surface area contributed by atoms with E-state index in [2.05, 4.69) is 79.2 Å². The van der Waals surface area contributed by atoms with Crippen LogP contribution in [-0.4, -0.2) is 23.3 Å². The molecule has 0 atom stereocenters. The normalized spacial score (nSPS) is 12.9. The molecule has 161 valence electrons. The van der Waals surface area contributed by atoms with Crippen molar-refractivity contribution in [3.8, 4) is 0 Å². The van der Waals surface area contributed by atoms with Crippen molar-refractivity contribution < 1.29 is 9.59 Å². The lowest BCUT2D eigenvalue weighted by Gasteiger charge is -2.19. The smallest absolute Gasteiger partial charge is 0.261 e. The van der Waals surface area contributed by atoms with E-state index in [0.29, 0.717) is 24.1 Å². The Hall–Kier alpha value is -3.98. The lowest BCUT2D eigenvalue weighted by Crippen LogP contribution is -2.30. The van der Waals surface area contributed by atoms with Crippen LogP contribution in [0.5, 0.6) is 0 Å². The van der Waals surface area contributed by atoms with Crippen LogP contribution in [0, 0.1) is 6.42 Å². The molecule has 3 heteroatoms. The second kappa shape index (κ2) is 9.25. The SMILES string of the molecule is O=C1c2ccccc2C(=O)N1CC[CH]c1ccc(C(c2ccccc2)c2ccccc2)cc1. The van der Waals surface area contributed by atoms with Crippen molar-refractivity contribution in [3.63, 3.8) is 0 Å². The highest BCUT2D eigenvalue weighted by Crippen LogP contribution is 2.32. The van der Waals surface area contributed by atoms with E-state index in [1.54, 1.807) is 24.3 Å². The van der Waals surface area contributed by atoms with Crippen molar-refractivity contribution in [2.24, 2.45) is 0 Å². The molecule has 1 heterocycles. The molecule has 0 fully saturated rings. The Morgan fingerprint density at radius 1 is 0.576 bits per heavy atom. The van der Waals surface area contributed by atoms with Crippen molar-refractivity contribution in [2.75, 3.05) is 6.54 Å². The number of carbonyl (C=O) groups is 2. The minimum atomic E-state index is -0.201. The van der Waals surface area contributed by atoms with Crippen molar-refractivity contribution in [1.82, 2.24) is 4.90 Å². The molecule has 0 aliphatic carbocycles. The molecule has 1 aliphatic heterocycles. The van der Waals surface area contributed by atoms with Crippen molar-refractivity contribution >= 4 is 11.8 Å². The van der Waals surface area contributed by atoms with Gasteiger partial charge >= 0.3 is 0 Å². The number of carbonyl (C=O) groups excluding carboxylic acids is 2. The quantitative estimate of drug-likeness (QED) is 0.262. The van der Waals surface area contributed by atoms with E-state index < -0.39 is 0 Å². The zero-order chi connectivity index (χ0) is 22.6. The van der Waals surface area contributed by atoms with Crippen molar-refractivity contribution in [3.05, 3.63) is 149 Å². The molecule has 2 amide bonds. The Morgan fingerprint density at radius 3 is 1.55 bits per heavy atom. The number of amides is 2. The highest BCUT2D eigenvalue weighted by Gasteiger charge is 2.34. The van der Waals surface area contributed by atoms with Gasteiger partial charge in [-0.3, -0.25) is 14.5 Å². The summed E-state index contributed by atoms with van der Waals surface area (Å²) in [6, 6.07) is 36.6. The highest BCUT2D eigenvalue weighted by atomic mass is 16.2. The molecule has 0 N–H and O–H groups in total. The van der Waals surface area contributed by atoms with Gasteiger partial charge in [0.05, 0.1) is 11.1 Å². The molecular formula is C30H24NO2. The molecule has 0 spiro atoms. The third kappa shape index (κ3) is 4.22. The monoisotopic (exact) mass is 430 g/mol. The number of nitrogens with zero attached hydrogens (tertiary/aromatic N) is 1. The predicted octanol–water partition coefficient (Wildman–Crippen LogP) is 6.11. The van der Waals surface area contributed by atoms with Crippen LogP contribution in [0.4, 0.5) is 0 Å². The van der Waals surface area contributed by atoms with Gasteiger partial charge in [0.25, 0.3) is 11.8 Å². The Balaban J connectivity index is 1.28. The van der Waals surface area contributed by atoms with E-state index in [4.69, 9.17) is 0 Å². The Bertz CT molecular complexity index is 1190. The molecule has 1 radical (unpaired) electrons. The first-order valence-corrected chi connectivity index (χ1v) is 11.2. The standard InChI is InChI=1S/C30H24NO2/c32-29-26-15-7-8-16-27(26)30(33)31(29)21-9-10-22-17-19-25(20-18-22)28(23-11-3-1-4-12-23)24-13-5-2-6-14-24/h1-8,10-20,28H,9,21H2. The van der Waals surface area contributed by atoms with Crippen LogP contribution < -0.4 is 0 Å². The fourth-order valence-corrected chi connectivity index (χ4v) is 4.50. The second-order valence-electron chi connectivity index (χ2n) is 8.22. The number of hydrogen-bond acceptors (Lipinski definition) is 2. The van der Waals surface area contributed by atoms with E-state index >= 15 is 0 Å². The number of rotatable bonds is 7. The van der Waals surface area contributed by atoms with Crippen LogP contribution in [-0.2, 0) is 0 Å². The number of hydrogen-bond donors (Lipinski definition) is 0. The molecule has 4 aromatic carbocycles. The molecule has 0 bridgehead atoms. The average molecular weight is 431 g/mol. The molecule has 0 aromatic heterocycles. The lowest BCUT2D eigenvalue weighted by atomic mass is 9.85. The lowest BCUT2D eigenvalue weighted by molar-refractivity contribution is 0.0656. The summed E-state index contributed by atoms with van der Waals surface area (Å²) in [5.74, 6) is -0.236. The summed E-state index contributed by atoms with van der Waals surface area (Å²) in [6.45, 7) is 0.380. The van der Waals surface area contributed by atoms with Gasteiger partial charge in [-0.05, 0) is 47.2 Å². The number of benzene rings is 4. The summed E-state index contributed by atoms with van der Waals surface area (Å²) in [7, 11) is 0. The maximum absolute atomic E-state index is 12.5. The molecule has 1 aliphatic rings. The maximum atomic E-state index is 12.5. The van der Waals surface area contributed by atoms with Gasteiger partial charge < -0.3 is 0 Å². The maximum Gasteiger partial charge on any atom is 0.261 e. The Kier molecular flexibility index (Phi) is 5.86. The molecule has 4 aromatic rings. The van der Waals surface area contributed by atoms with Crippen LogP contribution in [0.25, 0.3) is 0 Å². The van der Waals surface area contributed by atoms with Gasteiger partial charge in [-0.15, -0.1) is 0 Å². The Morgan fingerprint density at radius 2 is 1.03 bits per heavy atom. The summed E-state index contributed by atoms with van der Waals surface area (Å²) in [4.78, 5) is 26.4. The van der Waals surface area contributed by atoms with Gasteiger partial charge in [-0.2, -0.15) is 0 Å². The van der Waals surface area contributed by atoms with Crippen LogP contribution in [0.1, 0.15) is 55.3 Å². The minimum absolute atomic E-state index is 0.166. The molecule has 0 saturated carbocycles. The van der Waals surface area contributed by atoms with E-state index in [0.717, 1.165) is 5.56 Å². The molecule has 3 nitrogen and oxygen atoms in total. The van der Waals surface area contributed by atoms with E-state index in [-0.39, 0.29) is 17.7 Å². The van der Waals surface area contributed by atoms with Gasteiger partial charge in [0.2, 0.25) is 0 Å². The highest BCUT2D eigenvalue weighted by molar-refractivity contribution is 6.21. The largest absolute Gasteiger partial charge is 0.274 e. The Labute approximate surface area is 194 Å². The first-order chi connectivity index (χ1) is 16.2.